The molecule has 0 amide bonds. The minimum absolute atomic E-state index is 0.630. The second-order valence-electron chi connectivity index (χ2n) is 5.66. The molecular weight excluding hydrogens is 238 g/mol. The molecule has 1 N–H and O–H groups in total. The summed E-state index contributed by atoms with van der Waals surface area (Å²) in [5.74, 6) is 2.10. The van der Waals surface area contributed by atoms with Crippen LogP contribution in [0.1, 0.15) is 18.4 Å². The molecule has 1 unspecified atom stereocenters. The predicted molar refractivity (Wildman–Crippen MR) is 78.6 cm³/mol. The van der Waals surface area contributed by atoms with E-state index in [0.717, 1.165) is 44.1 Å². The number of piperazine rings is 1. The second kappa shape index (κ2) is 7.08. The quantitative estimate of drug-likeness (QED) is 0.841. The Labute approximate surface area is 116 Å². The van der Waals surface area contributed by atoms with Gasteiger partial charge in [-0.15, -0.1) is 0 Å². The molecule has 0 radical (unpaired) electrons. The molecule has 0 saturated carbocycles. The first-order valence-corrected chi connectivity index (χ1v) is 7.34. The lowest BCUT2D eigenvalue weighted by atomic mass is 10.2. The van der Waals surface area contributed by atoms with Gasteiger partial charge in [0.2, 0.25) is 0 Å². The number of nitrogens with zero attached hydrogens (tertiary/aromatic N) is 2. The summed E-state index contributed by atoms with van der Waals surface area (Å²) in [6.45, 7) is 11.1. The van der Waals surface area contributed by atoms with Gasteiger partial charge in [-0.1, -0.05) is 0 Å². The molecule has 1 aromatic rings. The third-order valence-electron chi connectivity index (χ3n) is 3.89. The summed E-state index contributed by atoms with van der Waals surface area (Å²) < 4.78 is 5.61. The number of hydrogen-bond acceptors (Lipinski definition) is 4. The van der Waals surface area contributed by atoms with Crippen LogP contribution in [0.2, 0.25) is 0 Å². The van der Waals surface area contributed by atoms with Crippen molar-refractivity contribution in [2.75, 3.05) is 46.3 Å². The van der Waals surface area contributed by atoms with E-state index in [1.54, 1.807) is 0 Å². The molecule has 19 heavy (non-hydrogen) atoms. The minimum atomic E-state index is 0.630. The Balaban J connectivity index is 1.69. The molecule has 108 valence electrons. The van der Waals surface area contributed by atoms with Crippen LogP contribution in [0.4, 0.5) is 0 Å². The number of aryl methyl sites for hydroxylation is 1. The van der Waals surface area contributed by atoms with E-state index in [0.29, 0.717) is 6.04 Å². The van der Waals surface area contributed by atoms with Crippen LogP contribution >= 0.6 is 0 Å². The maximum atomic E-state index is 5.61. The first-order valence-electron chi connectivity index (χ1n) is 7.34. The van der Waals surface area contributed by atoms with Crippen molar-refractivity contribution in [3.63, 3.8) is 0 Å². The summed E-state index contributed by atoms with van der Waals surface area (Å²) in [6, 6.07) is 4.76. The van der Waals surface area contributed by atoms with E-state index < -0.39 is 0 Å². The van der Waals surface area contributed by atoms with Crippen LogP contribution in [0, 0.1) is 6.92 Å². The van der Waals surface area contributed by atoms with Crippen LogP contribution in [0.15, 0.2) is 16.5 Å². The highest BCUT2D eigenvalue weighted by Gasteiger charge is 2.17. The third-order valence-corrected chi connectivity index (χ3v) is 3.89. The monoisotopic (exact) mass is 265 g/mol. The molecule has 2 rings (SSSR count). The van der Waals surface area contributed by atoms with Gasteiger partial charge in [0, 0.05) is 51.7 Å². The maximum Gasteiger partial charge on any atom is 0.105 e. The second-order valence-corrected chi connectivity index (χ2v) is 5.66. The van der Waals surface area contributed by atoms with Crippen LogP contribution in [0.3, 0.4) is 0 Å². The van der Waals surface area contributed by atoms with E-state index in [-0.39, 0.29) is 0 Å². The molecule has 0 bridgehead atoms. The van der Waals surface area contributed by atoms with Gasteiger partial charge in [-0.25, -0.2) is 0 Å². The van der Waals surface area contributed by atoms with E-state index in [9.17, 15) is 0 Å². The van der Waals surface area contributed by atoms with Gasteiger partial charge in [-0.2, -0.15) is 0 Å². The number of rotatable bonds is 6. The largest absolute Gasteiger partial charge is 0.466 e. The molecular formula is C15H27N3O. The minimum Gasteiger partial charge on any atom is -0.466 e. The molecule has 1 saturated heterocycles. The number of furan rings is 1. The van der Waals surface area contributed by atoms with Gasteiger partial charge in [0.15, 0.2) is 0 Å². The lowest BCUT2D eigenvalue weighted by Crippen LogP contribution is -2.50. The topological polar surface area (TPSA) is 31.6 Å². The summed E-state index contributed by atoms with van der Waals surface area (Å²) in [5.41, 5.74) is 0. The standard InChI is InChI=1S/C15H27N3O/c1-13(18-10-7-16-8-11-18)12-17(3)9-6-15-5-4-14(2)19-15/h4-5,13,16H,6-12H2,1-3H3. The fourth-order valence-electron chi connectivity index (χ4n) is 2.70. The van der Waals surface area contributed by atoms with Gasteiger partial charge in [0.25, 0.3) is 0 Å². The van der Waals surface area contributed by atoms with Gasteiger partial charge in [-0.05, 0) is 33.0 Å². The van der Waals surface area contributed by atoms with Gasteiger partial charge in [0.05, 0.1) is 0 Å². The molecule has 0 aliphatic carbocycles. The molecule has 1 aliphatic heterocycles. The molecule has 2 heterocycles. The average Bonchev–Trinajstić information content (AvgIpc) is 2.83. The van der Waals surface area contributed by atoms with Crippen molar-refractivity contribution >= 4 is 0 Å². The molecule has 4 heteroatoms. The Hall–Kier alpha value is -0.840. The smallest absolute Gasteiger partial charge is 0.105 e. The van der Waals surface area contributed by atoms with Crippen LogP contribution in [0.5, 0.6) is 0 Å². The molecule has 1 fully saturated rings. The third kappa shape index (κ3) is 4.64. The van der Waals surface area contributed by atoms with Crippen molar-refractivity contribution in [2.45, 2.75) is 26.3 Å². The molecule has 1 aromatic heterocycles. The van der Waals surface area contributed by atoms with Crippen molar-refractivity contribution in [2.24, 2.45) is 0 Å². The number of likely N-dealkylation sites (N-methyl/N-ethyl adjacent to an activating group) is 1. The van der Waals surface area contributed by atoms with E-state index in [1.165, 1.54) is 13.1 Å². The van der Waals surface area contributed by atoms with Crippen LogP contribution < -0.4 is 5.32 Å². The van der Waals surface area contributed by atoms with Gasteiger partial charge >= 0.3 is 0 Å². The Kier molecular flexibility index (Phi) is 5.43. The Morgan fingerprint density at radius 3 is 2.74 bits per heavy atom. The number of nitrogens with one attached hydrogen (secondary N) is 1. The fraction of sp³-hybridized carbons (Fsp3) is 0.733. The van der Waals surface area contributed by atoms with Crippen LogP contribution in [-0.4, -0.2) is 62.2 Å². The van der Waals surface area contributed by atoms with E-state index in [2.05, 4.69) is 35.2 Å². The van der Waals surface area contributed by atoms with Gasteiger partial charge in [0.1, 0.15) is 11.5 Å². The average molecular weight is 265 g/mol. The first-order chi connectivity index (χ1) is 9.15. The number of hydrogen-bond donors (Lipinski definition) is 1. The van der Waals surface area contributed by atoms with E-state index in [4.69, 9.17) is 4.42 Å². The van der Waals surface area contributed by atoms with Crippen LogP contribution in [0.25, 0.3) is 0 Å². The predicted octanol–water partition coefficient (Wildman–Crippen LogP) is 1.36. The highest BCUT2D eigenvalue weighted by atomic mass is 16.3. The molecule has 4 nitrogen and oxygen atoms in total. The normalized spacial score (nSPS) is 18.9. The Bertz CT molecular complexity index is 371. The lowest BCUT2D eigenvalue weighted by molar-refractivity contribution is 0.146. The van der Waals surface area contributed by atoms with Crippen molar-refractivity contribution in [1.82, 2.24) is 15.1 Å². The highest BCUT2D eigenvalue weighted by Crippen LogP contribution is 2.08. The zero-order valence-electron chi connectivity index (χ0n) is 12.5. The Morgan fingerprint density at radius 2 is 2.11 bits per heavy atom. The molecule has 1 aliphatic rings. The molecule has 1 atom stereocenters. The molecule has 0 spiro atoms. The summed E-state index contributed by atoms with van der Waals surface area (Å²) in [5, 5.41) is 3.40. The fourth-order valence-corrected chi connectivity index (χ4v) is 2.70. The first kappa shape index (κ1) is 14.6. The zero-order valence-corrected chi connectivity index (χ0v) is 12.5. The maximum absolute atomic E-state index is 5.61. The van der Waals surface area contributed by atoms with Crippen molar-refractivity contribution in [3.05, 3.63) is 23.7 Å². The van der Waals surface area contributed by atoms with Gasteiger partial charge < -0.3 is 14.6 Å². The van der Waals surface area contributed by atoms with Gasteiger partial charge in [-0.3, -0.25) is 4.90 Å². The van der Waals surface area contributed by atoms with E-state index >= 15 is 0 Å². The molecule has 0 aromatic carbocycles. The summed E-state index contributed by atoms with van der Waals surface area (Å²) in [7, 11) is 2.20. The highest BCUT2D eigenvalue weighted by molar-refractivity contribution is 5.05. The SMILES string of the molecule is Cc1ccc(CCN(C)CC(C)N2CCNCC2)o1. The van der Waals surface area contributed by atoms with Crippen LogP contribution in [-0.2, 0) is 6.42 Å². The van der Waals surface area contributed by atoms with Crippen molar-refractivity contribution < 1.29 is 4.42 Å². The lowest BCUT2D eigenvalue weighted by Gasteiger charge is -2.34. The van der Waals surface area contributed by atoms with Crippen molar-refractivity contribution in [3.8, 4) is 0 Å². The Morgan fingerprint density at radius 1 is 1.37 bits per heavy atom. The van der Waals surface area contributed by atoms with Crippen molar-refractivity contribution in [1.29, 1.82) is 0 Å². The zero-order chi connectivity index (χ0) is 13.7. The summed E-state index contributed by atoms with van der Waals surface area (Å²) >= 11 is 0. The summed E-state index contributed by atoms with van der Waals surface area (Å²) in [6.07, 6.45) is 0.999. The van der Waals surface area contributed by atoms with E-state index in [1.807, 2.05) is 13.0 Å². The summed E-state index contributed by atoms with van der Waals surface area (Å²) in [4.78, 5) is 4.98.